The monoisotopic (exact) mass is 434 g/mol. The van der Waals surface area contributed by atoms with Gasteiger partial charge in [-0.3, -0.25) is 4.79 Å². The summed E-state index contributed by atoms with van der Waals surface area (Å²) in [5.41, 5.74) is 1.19. The van der Waals surface area contributed by atoms with Crippen LogP contribution >= 0.6 is 0 Å². The van der Waals surface area contributed by atoms with E-state index in [1.807, 2.05) is 24.3 Å². The predicted octanol–water partition coefficient (Wildman–Crippen LogP) is 1.83. The van der Waals surface area contributed by atoms with Gasteiger partial charge in [0.25, 0.3) is 5.91 Å². The number of hydrogen-bond donors (Lipinski definition) is 1. The van der Waals surface area contributed by atoms with Gasteiger partial charge in [0.15, 0.2) is 0 Å². The molecule has 0 aromatic heterocycles. The van der Waals surface area contributed by atoms with Crippen LogP contribution in [0.4, 0.5) is 0 Å². The molecule has 8 nitrogen and oxygen atoms in total. The summed E-state index contributed by atoms with van der Waals surface area (Å²) in [5, 5.41) is 2.83. The maximum atomic E-state index is 12.7. The number of nitrogens with one attached hydrogen (secondary N) is 1. The fraction of sp³-hybridized carbons (Fsp3) is 0.381. The molecule has 2 aromatic rings. The number of methoxy groups -OCH3 is 2. The molecule has 0 aliphatic carbocycles. The lowest BCUT2D eigenvalue weighted by atomic mass is 10.1. The average Bonchev–Trinajstić information content (AvgIpc) is 2.80. The van der Waals surface area contributed by atoms with Crippen molar-refractivity contribution in [3.8, 4) is 5.75 Å². The van der Waals surface area contributed by atoms with Crippen LogP contribution in [0.2, 0.25) is 0 Å². The summed E-state index contributed by atoms with van der Waals surface area (Å²) in [6.45, 7) is 1.65. The van der Waals surface area contributed by atoms with E-state index in [2.05, 4.69) is 5.32 Å². The van der Waals surface area contributed by atoms with Gasteiger partial charge in [0, 0.05) is 37.9 Å². The molecule has 1 aliphatic heterocycles. The Morgan fingerprint density at radius 2 is 1.77 bits per heavy atom. The fourth-order valence-corrected chi connectivity index (χ4v) is 4.66. The van der Waals surface area contributed by atoms with Crippen molar-refractivity contribution in [2.24, 2.45) is 0 Å². The van der Waals surface area contributed by atoms with Gasteiger partial charge in [0.2, 0.25) is 10.0 Å². The highest BCUT2D eigenvalue weighted by Crippen LogP contribution is 2.26. The van der Waals surface area contributed by atoms with Crippen LogP contribution in [-0.4, -0.2) is 65.7 Å². The van der Waals surface area contributed by atoms with Crippen molar-refractivity contribution in [1.82, 2.24) is 9.62 Å². The van der Waals surface area contributed by atoms with Crippen molar-refractivity contribution >= 4 is 15.9 Å². The third-order valence-corrected chi connectivity index (χ3v) is 6.86. The van der Waals surface area contributed by atoms with Gasteiger partial charge in [-0.15, -0.1) is 0 Å². The van der Waals surface area contributed by atoms with Crippen LogP contribution in [0.15, 0.2) is 53.4 Å². The van der Waals surface area contributed by atoms with Crippen LogP contribution in [0, 0.1) is 0 Å². The lowest BCUT2D eigenvalue weighted by Gasteiger charge is -2.26. The highest BCUT2D eigenvalue weighted by atomic mass is 32.2. The number of rotatable bonds is 8. The molecule has 0 saturated carbocycles. The number of sulfonamides is 1. The number of morpholine rings is 1. The molecule has 30 heavy (non-hydrogen) atoms. The molecule has 3 rings (SSSR count). The summed E-state index contributed by atoms with van der Waals surface area (Å²) in [6, 6.07) is 13.4. The number of nitrogens with zero attached hydrogens (tertiary/aromatic N) is 1. The maximum Gasteiger partial charge on any atom is 0.251 e. The number of hydrogen-bond acceptors (Lipinski definition) is 6. The van der Waals surface area contributed by atoms with E-state index >= 15 is 0 Å². The lowest BCUT2D eigenvalue weighted by molar-refractivity contribution is 0.0730. The number of carbonyl (C=O) groups excluding carboxylic acids is 1. The SMILES string of the molecule is COc1ccccc1C(CNC(=O)c1ccc(S(=O)(=O)N2CCOCC2)cc1)OC. The second kappa shape index (κ2) is 10.0. The van der Waals surface area contributed by atoms with Crippen molar-refractivity contribution in [3.63, 3.8) is 0 Å². The van der Waals surface area contributed by atoms with E-state index in [1.54, 1.807) is 14.2 Å². The second-order valence-electron chi connectivity index (χ2n) is 6.72. The average molecular weight is 435 g/mol. The summed E-state index contributed by atoms with van der Waals surface area (Å²) in [7, 11) is -0.446. The number of amides is 1. The number of ether oxygens (including phenoxy) is 3. The molecule has 0 spiro atoms. The minimum Gasteiger partial charge on any atom is -0.496 e. The molecule has 1 saturated heterocycles. The first-order valence-electron chi connectivity index (χ1n) is 9.59. The summed E-state index contributed by atoms with van der Waals surface area (Å²) in [5.74, 6) is 0.360. The Hall–Kier alpha value is -2.46. The normalized spacial score (nSPS) is 16.1. The Morgan fingerprint density at radius 1 is 1.10 bits per heavy atom. The van der Waals surface area contributed by atoms with E-state index < -0.39 is 10.0 Å². The van der Waals surface area contributed by atoms with Gasteiger partial charge < -0.3 is 19.5 Å². The van der Waals surface area contributed by atoms with E-state index in [0.717, 1.165) is 5.56 Å². The van der Waals surface area contributed by atoms with Gasteiger partial charge >= 0.3 is 0 Å². The molecule has 1 N–H and O–H groups in total. The first kappa shape index (κ1) is 22.2. The van der Waals surface area contributed by atoms with E-state index in [1.165, 1.54) is 28.6 Å². The first-order valence-corrected chi connectivity index (χ1v) is 11.0. The van der Waals surface area contributed by atoms with Crippen LogP contribution in [0.1, 0.15) is 22.0 Å². The molecule has 9 heteroatoms. The number of para-hydroxylation sites is 1. The second-order valence-corrected chi connectivity index (χ2v) is 8.66. The molecule has 1 amide bonds. The maximum absolute atomic E-state index is 12.7. The molecule has 1 heterocycles. The number of carbonyl (C=O) groups is 1. The number of benzene rings is 2. The zero-order chi connectivity index (χ0) is 21.6. The van der Waals surface area contributed by atoms with Crippen LogP contribution in [0.3, 0.4) is 0 Å². The summed E-state index contributed by atoms with van der Waals surface area (Å²) in [4.78, 5) is 12.7. The Balaban J connectivity index is 1.65. The molecule has 0 radical (unpaired) electrons. The standard InChI is InChI=1S/C21H26N2O6S/c1-27-19-6-4-3-5-18(19)20(28-2)15-22-21(24)16-7-9-17(10-8-16)30(25,26)23-11-13-29-14-12-23/h3-10,20H,11-15H2,1-2H3,(H,22,24). The lowest BCUT2D eigenvalue weighted by Crippen LogP contribution is -2.40. The molecular formula is C21H26N2O6S. The largest absolute Gasteiger partial charge is 0.496 e. The highest BCUT2D eigenvalue weighted by molar-refractivity contribution is 7.89. The van der Waals surface area contributed by atoms with Gasteiger partial charge in [0.1, 0.15) is 11.9 Å². The van der Waals surface area contributed by atoms with Crippen LogP contribution in [0.25, 0.3) is 0 Å². The highest BCUT2D eigenvalue weighted by Gasteiger charge is 2.26. The molecule has 1 atom stereocenters. The predicted molar refractivity (Wildman–Crippen MR) is 111 cm³/mol. The molecule has 0 bridgehead atoms. The molecule has 2 aromatic carbocycles. The van der Waals surface area contributed by atoms with Gasteiger partial charge in [0.05, 0.1) is 25.2 Å². The summed E-state index contributed by atoms with van der Waals surface area (Å²) >= 11 is 0. The van der Waals surface area contributed by atoms with E-state index in [4.69, 9.17) is 14.2 Å². The van der Waals surface area contributed by atoms with Crippen molar-refractivity contribution in [3.05, 3.63) is 59.7 Å². The fourth-order valence-electron chi connectivity index (χ4n) is 3.25. The summed E-state index contributed by atoms with van der Waals surface area (Å²) in [6.07, 6.45) is -0.383. The van der Waals surface area contributed by atoms with Gasteiger partial charge in [-0.05, 0) is 30.3 Å². The quantitative estimate of drug-likeness (QED) is 0.681. The van der Waals surface area contributed by atoms with Crippen molar-refractivity contribution in [2.75, 3.05) is 47.1 Å². The Kier molecular flexibility index (Phi) is 7.43. The van der Waals surface area contributed by atoms with Gasteiger partial charge in [-0.1, -0.05) is 18.2 Å². The molecule has 1 aliphatic rings. The minimum absolute atomic E-state index is 0.157. The third kappa shape index (κ3) is 4.99. The van der Waals surface area contributed by atoms with Crippen molar-refractivity contribution < 1.29 is 27.4 Å². The third-order valence-electron chi connectivity index (χ3n) is 4.94. The first-order chi connectivity index (χ1) is 14.5. The molecule has 1 fully saturated rings. The molecule has 162 valence electrons. The zero-order valence-electron chi connectivity index (χ0n) is 17.0. The van der Waals surface area contributed by atoms with Gasteiger partial charge in [-0.25, -0.2) is 8.42 Å². The zero-order valence-corrected chi connectivity index (χ0v) is 17.9. The summed E-state index contributed by atoms with van der Waals surface area (Å²) < 4.78 is 42.8. The van der Waals surface area contributed by atoms with Crippen LogP contribution in [-0.2, 0) is 19.5 Å². The van der Waals surface area contributed by atoms with Crippen LogP contribution in [0.5, 0.6) is 5.75 Å². The van der Waals surface area contributed by atoms with Gasteiger partial charge in [-0.2, -0.15) is 4.31 Å². The van der Waals surface area contributed by atoms with E-state index in [9.17, 15) is 13.2 Å². The smallest absolute Gasteiger partial charge is 0.251 e. The van der Waals surface area contributed by atoms with Crippen molar-refractivity contribution in [1.29, 1.82) is 0 Å². The Labute approximate surface area is 176 Å². The Bertz CT molecular complexity index is 956. The van der Waals surface area contributed by atoms with Crippen LogP contribution < -0.4 is 10.1 Å². The van der Waals surface area contributed by atoms with E-state index in [-0.39, 0.29) is 23.5 Å². The minimum atomic E-state index is -3.59. The van der Waals surface area contributed by atoms with Crippen molar-refractivity contribution in [2.45, 2.75) is 11.0 Å². The molecular weight excluding hydrogens is 408 g/mol. The molecule has 1 unspecified atom stereocenters. The van der Waals surface area contributed by atoms with E-state index in [0.29, 0.717) is 37.6 Å². The Morgan fingerprint density at radius 3 is 2.40 bits per heavy atom. The topological polar surface area (TPSA) is 94.2 Å².